The average Bonchev–Trinajstić information content (AvgIpc) is 3.39. The molecule has 0 unspecified atom stereocenters. The molecule has 0 spiro atoms. The molecule has 0 aliphatic carbocycles. The van der Waals surface area contributed by atoms with E-state index in [1.165, 1.54) is 55.5 Å². The third-order valence-corrected chi connectivity index (χ3v) is 11.0. The maximum Gasteiger partial charge on any atom is 0.210 e. The number of hydrogen-bond donors (Lipinski definition) is 0. The van der Waals surface area contributed by atoms with Crippen LogP contribution < -0.4 is 55.8 Å². The number of fused-ring (bicyclic) bond motifs is 6. The Labute approximate surface area is 356 Å². The van der Waals surface area contributed by atoms with E-state index >= 15 is 0 Å². The lowest BCUT2D eigenvalue weighted by Crippen LogP contribution is -3.00. The van der Waals surface area contributed by atoms with Crippen LogP contribution in [0.5, 0.6) is 0 Å². The van der Waals surface area contributed by atoms with Crippen molar-refractivity contribution in [2.75, 3.05) is 73.4 Å². The first-order valence-electron chi connectivity index (χ1n) is 18.3. The van der Waals surface area contributed by atoms with Gasteiger partial charge in [0.05, 0.1) is 67.2 Å². The Morgan fingerprint density at radius 2 is 1.25 bits per heavy atom. The van der Waals surface area contributed by atoms with Gasteiger partial charge in [-0.15, -0.1) is 0 Å². The lowest BCUT2D eigenvalue weighted by Gasteiger charge is -2.29. The standard InChI is InChI=1S/C45H58ClN4.3BrH/c1-44(2)40(47(29-15-31-49(5,6)7)38-25-21-33-17-11-13-19-36(33)42(38)44)27-23-35(46)24-28-41-45(3,4)43-37-20-14-12-18-34(37)22-26-39(43)48(41)30-16-32-50(8,9)10;;;/h11-14,17-28H,15-16,29-32H2,1-10H3;3*1H/q+3;;;/p-3. The molecule has 53 heavy (non-hydrogen) atoms. The molecular weight excluding hydrogens is 872 g/mol. The number of anilines is 1. The van der Waals surface area contributed by atoms with Gasteiger partial charge >= 0.3 is 0 Å². The van der Waals surface area contributed by atoms with E-state index in [0.29, 0.717) is 0 Å². The molecule has 286 valence electrons. The summed E-state index contributed by atoms with van der Waals surface area (Å²) in [5.74, 6) is 0. The molecule has 0 fully saturated rings. The van der Waals surface area contributed by atoms with E-state index in [4.69, 9.17) is 11.6 Å². The van der Waals surface area contributed by atoms with E-state index in [1.807, 2.05) is 0 Å². The van der Waals surface area contributed by atoms with Gasteiger partial charge in [-0.2, -0.15) is 4.58 Å². The van der Waals surface area contributed by atoms with Gasteiger partial charge in [0.25, 0.3) is 0 Å². The van der Waals surface area contributed by atoms with Gasteiger partial charge in [-0.05, 0) is 71.3 Å². The molecule has 8 heteroatoms. The number of benzene rings is 4. The first-order chi connectivity index (χ1) is 23.5. The molecule has 2 aliphatic rings. The van der Waals surface area contributed by atoms with Crippen molar-refractivity contribution >= 4 is 50.2 Å². The van der Waals surface area contributed by atoms with Gasteiger partial charge in [0.1, 0.15) is 0 Å². The van der Waals surface area contributed by atoms with Gasteiger partial charge < -0.3 is 64.8 Å². The van der Waals surface area contributed by atoms with Gasteiger partial charge in [0, 0.05) is 52.5 Å². The molecular formula is C45H58Br3ClN4. The predicted molar refractivity (Wildman–Crippen MR) is 217 cm³/mol. The predicted octanol–water partition coefficient (Wildman–Crippen LogP) is 0.934. The minimum Gasteiger partial charge on any atom is -1.00 e. The third-order valence-electron chi connectivity index (χ3n) is 10.7. The van der Waals surface area contributed by atoms with Crippen LogP contribution in [0, 0.1) is 0 Å². The maximum atomic E-state index is 7.13. The van der Waals surface area contributed by atoms with Crippen molar-refractivity contribution in [3.05, 3.63) is 119 Å². The van der Waals surface area contributed by atoms with Crippen molar-refractivity contribution in [2.45, 2.75) is 51.4 Å². The Bertz CT molecular complexity index is 2060. The molecule has 4 aromatic carbocycles. The summed E-state index contributed by atoms with van der Waals surface area (Å²) in [5, 5.41) is 5.99. The molecule has 0 radical (unpaired) electrons. The molecule has 4 aromatic rings. The Balaban J connectivity index is 0.00000252. The van der Waals surface area contributed by atoms with Crippen LogP contribution in [0.4, 0.5) is 11.4 Å². The fraction of sp³-hybridized carbons (Fsp3) is 0.400. The molecule has 0 saturated carbocycles. The van der Waals surface area contributed by atoms with Crippen LogP contribution >= 0.6 is 11.6 Å². The molecule has 4 nitrogen and oxygen atoms in total. The highest BCUT2D eigenvalue weighted by molar-refractivity contribution is 6.31. The van der Waals surface area contributed by atoms with Crippen molar-refractivity contribution in [2.24, 2.45) is 0 Å². The van der Waals surface area contributed by atoms with Crippen LogP contribution in [-0.2, 0) is 10.8 Å². The minimum atomic E-state index is -0.169. The van der Waals surface area contributed by atoms with Crippen molar-refractivity contribution in [1.29, 1.82) is 0 Å². The first kappa shape index (κ1) is 45.1. The zero-order chi connectivity index (χ0) is 36.1. The molecule has 2 heterocycles. The fourth-order valence-corrected chi connectivity index (χ4v) is 8.46. The summed E-state index contributed by atoms with van der Waals surface area (Å²) in [6, 6.07) is 26.8. The van der Waals surface area contributed by atoms with Crippen LogP contribution in [0.25, 0.3) is 21.5 Å². The summed E-state index contributed by atoms with van der Waals surface area (Å²) < 4.78 is 4.46. The molecule has 6 rings (SSSR count). The third kappa shape index (κ3) is 9.41. The molecule has 0 amide bonds. The minimum absolute atomic E-state index is 0. The molecule has 0 N–H and O–H groups in total. The number of allylic oxidation sites excluding steroid dienone is 6. The normalized spacial score (nSPS) is 17.2. The molecule has 0 atom stereocenters. The van der Waals surface area contributed by atoms with Gasteiger partial charge in [-0.3, -0.25) is 0 Å². The smallest absolute Gasteiger partial charge is 0.210 e. The number of quaternary nitrogens is 2. The van der Waals surface area contributed by atoms with Crippen molar-refractivity contribution in [3.63, 3.8) is 0 Å². The zero-order valence-electron chi connectivity index (χ0n) is 33.3. The van der Waals surface area contributed by atoms with E-state index in [1.54, 1.807) is 0 Å². The van der Waals surface area contributed by atoms with Gasteiger partial charge in [-0.1, -0.05) is 80.0 Å². The summed E-state index contributed by atoms with van der Waals surface area (Å²) >= 11 is 7.13. The fourth-order valence-electron chi connectivity index (χ4n) is 8.33. The van der Waals surface area contributed by atoms with E-state index in [9.17, 15) is 0 Å². The van der Waals surface area contributed by atoms with Crippen LogP contribution in [0.15, 0.2) is 108 Å². The molecule has 0 bridgehead atoms. The van der Waals surface area contributed by atoms with E-state index in [2.05, 4.69) is 177 Å². The second-order valence-corrected chi connectivity index (χ2v) is 17.9. The summed E-state index contributed by atoms with van der Waals surface area (Å²) in [6.07, 6.45) is 11.0. The summed E-state index contributed by atoms with van der Waals surface area (Å²) in [6.45, 7) is 13.6. The maximum absolute atomic E-state index is 7.13. The Kier molecular flexibility index (Phi) is 14.7. The van der Waals surface area contributed by atoms with Crippen molar-refractivity contribution in [3.8, 4) is 0 Å². The number of hydrogen-bond acceptors (Lipinski definition) is 1. The van der Waals surface area contributed by atoms with Gasteiger partial charge in [0.2, 0.25) is 5.69 Å². The van der Waals surface area contributed by atoms with Crippen molar-refractivity contribution in [1.82, 2.24) is 0 Å². The lowest BCUT2D eigenvalue weighted by molar-refractivity contribution is -0.871. The molecule has 2 aliphatic heterocycles. The highest BCUT2D eigenvalue weighted by Gasteiger charge is 2.45. The van der Waals surface area contributed by atoms with E-state index in [-0.39, 0.29) is 61.8 Å². The Hall–Kier alpha value is -2.26. The van der Waals surface area contributed by atoms with Gasteiger partial charge in [-0.25, -0.2) is 0 Å². The van der Waals surface area contributed by atoms with Crippen LogP contribution in [-0.4, -0.2) is 87.7 Å². The van der Waals surface area contributed by atoms with E-state index in [0.717, 1.165) is 53.0 Å². The molecule has 0 saturated heterocycles. The Morgan fingerprint density at radius 3 is 1.85 bits per heavy atom. The SMILES string of the molecule is CC1(C)C(/C=C/C(Cl)=C/C=C2/N(CCC[N+](C)(C)C)c3ccc4ccccc4c3C2(C)C)=[N+](CCC[N+](C)(C)C)c2ccc3ccccc3c21.[Br-].[Br-].[Br-]. The zero-order valence-corrected chi connectivity index (χ0v) is 38.8. The van der Waals surface area contributed by atoms with Crippen molar-refractivity contribution < 1.29 is 64.5 Å². The lowest BCUT2D eigenvalue weighted by atomic mass is 9.79. The number of rotatable bonds is 11. The number of nitrogens with zero attached hydrogens (tertiary/aromatic N) is 4. The summed E-state index contributed by atoms with van der Waals surface area (Å²) in [5.41, 5.74) is 7.71. The highest BCUT2D eigenvalue weighted by atomic mass is 79.9. The monoisotopic (exact) mass is 926 g/mol. The second-order valence-electron chi connectivity index (χ2n) is 17.5. The largest absolute Gasteiger partial charge is 1.00 e. The van der Waals surface area contributed by atoms with Gasteiger partial charge in [0.15, 0.2) is 12.3 Å². The summed E-state index contributed by atoms with van der Waals surface area (Å²) in [4.78, 5) is 2.55. The van der Waals surface area contributed by atoms with Crippen LogP contribution in [0.2, 0.25) is 0 Å². The molecule has 0 aromatic heterocycles. The second kappa shape index (κ2) is 17.3. The number of halogens is 4. The average molecular weight is 930 g/mol. The quantitative estimate of drug-likeness (QED) is 0.124. The van der Waals surface area contributed by atoms with Crippen LogP contribution in [0.1, 0.15) is 51.7 Å². The highest BCUT2D eigenvalue weighted by Crippen LogP contribution is 2.51. The Morgan fingerprint density at radius 1 is 0.698 bits per heavy atom. The topological polar surface area (TPSA) is 6.25 Å². The summed E-state index contributed by atoms with van der Waals surface area (Å²) in [7, 11) is 13.6. The van der Waals surface area contributed by atoms with E-state index < -0.39 is 0 Å². The first-order valence-corrected chi connectivity index (χ1v) is 18.7. The van der Waals surface area contributed by atoms with Crippen LogP contribution in [0.3, 0.4) is 0 Å².